The SMILES string of the molecule is C=C(I)/C=C1\C(=C/C)c2ccc(-c3ccc4ccccc4c3)cc2C1(C)C. The molecule has 1 aliphatic rings. The molecule has 4 rings (SSSR count). The molecule has 0 bridgehead atoms. The van der Waals surface area contributed by atoms with Crippen LogP contribution >= 0.6 is 22.6 Å². The normalized spacial score (nSPS) is 18.2. The van der Waals surface area contributed by atoms with Gasteiger partial charge in [0.25, 0.3) is 0 Å². The van der Waals surface area contributed by atoms with Gasteiger partial charge in [-0.1, -0.05) is 75.0 Å². The van der Waals surface area contributed by atoms with Gasteiger partial charge in [0.2, 0.25) is 0 Å². The molecule has 1 heteroatoms. The van der Waals surface area contributed by atoms with E-state index in [2.05, 4.69) is 123 Å². The van der Waals surface area contributed by atoms with E-state index >= 15 is 0 Å². The minimum Gasteiger partial charge on any atom is -0.0856 e. The van der Waals surface area contributed by atoms with Crippen LogP contribution in [0.2, 0.25) is 0 Å². The summed E-state index contributed by atoms with van der Waals surface area (Å²) in [5, 5.41) is 2.57. The van der Waals surface area contributed by atoms with Gasteiger partial charge in [0.1, 0.15) is 0 Å². The van der Waals surface area contributed by atoms with Crippen molar-refractivity contribution < 1.29 is 0 Å². The second-order valence-corrected chi connectivity index (χ2v) is 9.04. The van der Waals surface area contributed by atoms with Crippen molar-refractivity contribution in [2.45, 2.75) is 26.2 Å². The maximum absolute atomic E-state index is 4.09. The molecule has 0 unspecified atom stereocenters. The number of halogens is 1. The van der Waals surface area contributed by atoms with Crippen molar-refractivity contribution in [1.82, 2.24) is 0 Å². The molecule has 0 fully saturated rings. The van der Waals surface area contributed by atoms with E-state index in [9.17, 15) is 0 Å². The summed E-state index contributed by atoms with van der Waals surface area (Å²) in [5.74, 6) is 0. The molecule has 0 spiro atoms. The standard InChI is InChI=1S/C26H23I/c1-5-22-23-13-12-21(16-25(23)26(3,4)24(22)14-17(2)27)20-11-10-18-8-6-7-9-19(18)15-20/h5-16H,2H2,1,3-4H3/b22-5-,24-14+. The number of hydrogen-bond donors (Lipinski definition) is 0. The molecule has 3 aromatic carbocycles. The van der Waals surface area contributed by atoms with Crippen molar-refractivity contribution in [1.29, 1.82) is 0 Å². The van der Waals surface area contributed by atoms with Crippen molar-refractivity contribution in [3.05, 3.63) is 99.7 Å². The van der Waals surface area contributed by atoms with E-state index in [1.165, 1.54) is 44.2 Å². The Bertz CT molecular complexity index is 1130. The van der Waals surface area contributed by atoms with Crippen molar-refractivity contribution in [3.8, 4) is 11.1 Å². The third-order valence-electron chi connectivity index (χ3n) is 5.62. The van der Waals surface area contributed by atoms with Crippen LogP contribution in [0, 0.1) is 0 Å². The zero-order valence-corrected chi connectivity index (χ0v) is 18.2. The topological polar surface area (TPSA) is 0 Å². The van der Waals surface area contributed by atoms with E-state index in [0.717, 1.165) is 3.58 Å². The summed E-state index contributed by atoms with van der Waals surface area (Å²) in [6.07, 6.45) is 4.46. The average Bonchev–Trinajstić information content (AvgIpc) is 2.87. The summed E-state index contributed by atoms with van der Waals surface area (Å²) < 4.78 is 1.07. The molecule has 0 aliphatic heterocycles. The van der Waals surface area contributed by atoms with Crippen molar-refractivity contribution in [2.24, 2.45) is 0 Å². The second kappa shape index (κ2) is 6.79. The van der Waals surface area contributed by atoms with Gasteiger partial charge in [-0.25, -0.2) is 0 Å². The number of allylic oxidation sites excluding steroid dienone is 5. The summed E-state index contributed by atoms with van der Waals surface area (Å²) in [6, 6.07) is 22.2. The number of rotatable bonds is 2. The predicted molar refractivity (Wildman–Crippen MR) is 127 cm³/mol. The Morgan fingerprint density at radius 2 is 1.59 bits per heavy atom. The molecule has 134 valence electrons. The Balaban J connectivity index is 1.88. The molecule has 27 heavy (non-hydrogen) atoms. The van der Waals surface area contributed by atoms with E-state index in [4.69, 9.17) is 0 Å². The molecule has 0 N–H and O–H groups in total. The van der Waals surface area contributed by atoms with Gasteiger partial charge in [0, 0.05) is 8.99 Å². The van der Waals surface area contributed by atoms with Crippen LogP contribution in [0.4, 0.5) is 0 Å². The first-order valence-electron chi connectivity index (χ1n) is 9.29. The first-order valence-corrected chi connectivity index (χ1v) is 10.4. The predicted octanol–water partition coefficient (Wildman–Crippen LogP) is 8.08. The summed E-state index contributed by atoms with van der Waals surface area (Å²) in [4.78, 5) is 0. The summed E-state index contributed by atoms with van der Waals surface area (Å²) in [6.45, 7) is 10.9. The lowest BCUT2D eigenvalue weighted by Gasteiger charge is -2.22. The van der Waals surface area contributed by atoms with Crippen molar-refractivity contribution in [3.63, 3.8) is 0 Å². The van der Waals surface area contributed by atoms with E-state index in [-0.39, 0.29) is 5.41 Å². The zero-order valence-electron chi connectivity index (χ0n) is 16.0. The molecule has 0 radical (unpaired) electrons. The maximum Gasteiger partial charge on any atom is 0.0159 e. The summed E-state index contributed by atoms with van der Waals surface area (Å²) in [7, 11) is 0. The van der Waals surface area contributed by atoms with E-state index in [0.29, 0.717) is 0 Å². The number of fused-ring (bicyclic) bond motifs is 2. The Hall–Kier alpha value is -2.13. The molecule has 1 aliphatic carbocycles. The monoisotopic (exact) mass is 462 g/mol. The van der Waals surface area contributed by atoms with Gasteiger partial charge in [0.05, 0.1) is 0 Å². The molecular weight excluding hydrogens is 439 g/mol. The van der Waals surface area contributed by atoms with Crippen molar-refractivity contribution >= 4 is 38.9 Å². The lowest BCUT2D eigenvalue weighted by atomic mass is 9.81. The van der Waals surface area contributed by atoms with Gasteiger partial charge >= 0.3 is 0 Å². The molecule has 0 heterocycles. The van der Waals surface area contributed by atoms with Crippen LogP contribution in [0.25, 0.3) is 27.5 Å². The van der Waals surface area contributed by atoms with Gasteiger partial charge in [0.15, 0.2) is 0 Å². The van der Waals surface area contributed by atoms with E-state index in [1.54, 1.807) is 0 Å². The molecule has 0 amide bonds. The fraction of sp³-hybridized carbons (Fsp3) is 0.154. The van der Waals surface area contributed by atoms with Crippen LogP contribution < -0.4 is 0 Å². The number of hydrogen-bond acceptors (Lipinski definition) is 0. The smallest absolute Gasteiger partial charge is 0.0159 e. The minimum atomic E-state index is -0.0296. The zero-order chi connectivity index (χ0) is 19.2. The highest BCUT2D eigenvalue weighted by atomic mass is 127. The minimum absolute atomic E-state index is 0.0296. The molecular formula is C26H23I. The molecule has 0 atom stereocenters. The highest BCUT2D eigenvalue weighted by Crippen LogP contribution is 2.51. The first kappa shape index (κ1) is 18.2. The highest BCUT2D eigenvalue weighted by Gasteiger charge is 2.37. The second-order valence-electron chi connectivity index (χ2n) is 7.65. The average molecular weight is 462 g/mol. The molecule has 0 aromatic heterocycles. The van der Waals surface area contributed by atoms with Crippen LogP contribution in [0.3, 0.4) is 0 Å². The van der Waals surface area contributed by atoms with Crippen LogP contribution in [0.5, 0.6) is 0 Å². The largest absolute Gasteiger partial charge is 0.0856 e. The molecule has 0 saturated heterocycles. The Morgan fingerprint density at radius 3 is 2.30 bits per heavy atom. The van der Waals surface area contributed by atoms with E-state index < -0.39 is 0 Å². The molecule has 0 nitrogen and oxygen atoms in total. The fourth-order valence-corrected chi connectivity index (χ4v) is 4.51. The quantitative estimate of drug-likeness (QED) is 0.338. The Labute approximate surface area is 175 Å². The fourth-order valence-electron chi connectivity index (χ4n) is 4.20. The third kappa shape index (κ3) is 3.08. The van der Waals surface area contributed by atoms with Gasteiger partial charge in [-0.2, -0.15) is 0 Å². The Morgan fingerprint density at radius 1 is 0.926 bits per heavy atom. The van der Waals surface area contributed by atoms with Crippen LogP contribution in [0.15, 0.2) is 88.5 Å². The van der Waals surface area contributed by atoms with E-state index in [1.807, 2.05) is 0 Å². The van der Waals surface area contributed by atoms with Gasteiger partial charge in [-0.05, 0) is 91.9 Å². The maximum atomic E-state index is 4.09. The number of benzene rings is 3. The molecule has 0 saturated carbocycles. The van der Waals surface area contributed by atoms with Gasteiger partial charge in [-0.15, -0.1) is 0 Å². The van der Waals surface area contributed by atoms with Gasteiger partial charge < -0.3 is 0 Å². The van der Waals surface area contributed by atoms with Crippen LogP contribution in [-0.4, -0.2) is 0 Å². The lowest BCUT2D eigenvalue weighted by molar-refractivity contribution is 0.661. The highest BCUT2D eigenvalue weighted by molar-refractivity contribution is 14.1. The van der Waals surface area contributed by atoms with Crippen LogP contribution in [0.1, 0.15) is 31.9 Å². The van der Waals surface area contributed by atoms with Crippen molar-refractivity contribution in [2.75, 3.05) is 0 Å². The van der Waals surface area contributed by atoms with Crippen LogP contribution in [-0.2, 0) is 5.41 Å². The Kier molecular flexibility index (Phi) is 4.59. The third-order valence-corrected chi connectivity index (χ3v) is 5.93. The molecule has 3 aromatic rings. The lowest BCUT2D eigenvalue weighted by Crippen LogP contribution is -2.15. The summed E-state index contributed by atoms with van der Waals surface area (Å²) in [5.41, 5.74) is 7.94. The first-order chi connectivity index (χ1) is 12.9. The summed E-state index contributed by atoms with van der Waals surface area (Å²) >= 11 is 2.30. The van der Waals surface area contributed by atoms with Gasteiger partial charge in [-0.3, -0.25) is 0 Å².